The molecule has 0 bridgehead atoms. The molecule has 0 atom stereocenters. The summed E-state index contributed by atoms with van der Waals surface area (Å²) in [5, 5.41) is 3.45. The monoisotopic (exact) mass is 326 g/mol. The van der Waals surface area contributed by atoms with E-state index in [-0.39, 0.29) is 5.82 Å². The normalized spacial score (nSPS) is 23.1. The third-order valence-corrected chi connectivity index (χ3v) is 5.33. The van der Waals surface area contributed by atoms with Crippen LogP contribution in [0.3, 0.4) is 0 Å². The van der Waals surface area contributed by atoms with Crippen molar-refractivity contribution in [3.05, 3.63) is 34.1 Å². The maximum absolute atomic E-state index is 13.1. The van der Waals surface area contributed by atoms with Crippen molar-refractivity contribution >= 4 is 15.9 Å². The second-order valence-corrected chi connectivity index (χ2v) is 6.80. The largest absolute Gasteiger partial charge is 0.317 e. The van der Waals surface area contributed by atoms with Gasteiger partial charge in [0.2, 0.25) is 0 Å². The van der Waals surface area contributed by atoms with Crippen LogP contribution >= 0.6 is 15.9 Å². The molecule has 2 saturated heterocycles. The van der Waals surface area contributed by atoms with Gasteiger partial charge >= 0.3 is 0 Å². The van der Waals surface area contributed by atoms with Crippen LogP contribution in [-0.4, -0.2) is 31.1 Å². The summed E-state index contributed by atoms with van der Waals surface area (Å²) in [6, 6.07) is 5.01. The number of nitrogens with one attached hydrogen (secondary N) is 1. The number of likely N-dealkylation sites (tertiary alicyclic amines) is 1. The second-order valence-electron chi connectivity index (χ2n) is 5.95. The van der Waals surface area contributed by atoms with E-state index in [1.165, 1.54) is 37.9 Å². The van der Waals surface area contributed by atoms with E-state index < -0.39 is 0 Å². The molecule has 1 spiro atoms. The number of halogens is 2. The minimum absolute atomic E-state index is 0.174. The molecule has 0 unspecified atom stereocenters. The van der Waals surface area contributed by atoms with Gasteiger partial charge in [-0.1, -0.05) is 22.0 Å². The van der Waals surface area contributed by atoms with Gasteiger partial charge in [0.1, 0.15) is 5.82 Å². The quantitative estimate of drug-likeness (QED) is 0.898. The van der Waals surface area contributed by atoms with Crippen molar-refractivity contribution in [1.29, 1.82) is 0 Å². The Morgan fingerprint density at radius 3 is 2.79 bits per heavy atom. The minimum Gasteiger partial charge on any atom is -0.317 e. The molecule has 3 rings (SSSR count). The summed E-state index contributed by atoms with van der Waals surface area (Å²) in [6.07, 6.45) is 3.91. The molecule has 19 heavy (non-hydrogen) atoms. The summed E-state index contributed by atoms with van der Waals surface area (Å²) in [6.45, 7) is 5.61. The smallest absolute Gasteiger partial charge is 0.124 e. The average Bonchev–Trinajstić information content (AvgIpc) is 2.77. The highest BCUT2D eigenvalue weighted by Gasteiger charge is 2.38. The highest BCUT2D eigenvalue weighted by molar-refractivity contribution is 9.10. The Bertz CT molecular complexity index is 457. The molecule has 0 saturated carbocycles. The van der Waals surface area contributed by atoms with Crippen molar-refractivity contribution in [2.75, 3.05) is 26.2 Å². The fraction of sp³-hybridized carbons (Fsp3) is 0.600. The molecule has 104 valence electrons. The van der Waals surface area contributed by atoms with Crippen LogP contribution in [0.5, 0.6) is 0 Å². The molecule has 0 aromatic heterocycles. The number of nitrogens with zero attached hydrogens (tertiary/aromatic N) is 1. The van der Waals surface area contributed by atoms with E-state index in [1.54, 1.807) is 12.1 Å². The lowest BCUT2D eigenvalue weighted by atomic mass is 9.78. The summed E-state index contributed by atoms with van der Waals surface area (Å²) in [5.41, 5.74) is 1.73. The van der Waals surface area contributed by atoms with Crippen LogP contribution in [0.2, 0.25) is 0 Å². The Morgan fingerprint density at radius 2 is 2.05 bits per heavy atom. The molecule has 2 heterocycles. The first kappa shape index (κ1) is 13.5. The Balaban J connectivity index is 1.65. The maximum atomic E-state index is 13.1. The molecule has 0 amide bonds. The molecule has 1 N–H and O–H groups in total. The number of hydrogen-bond acceptors (Lipinski definition) is 2. The van der Waals surface area contributed by atoms with E-state index in [2.05, 4.69) is 26.1 Å². The van der Waals surface area contributed by atoms with Crippen molar-refractivity contribution in [2.24, 2.45) is 5.41 Å². The minimum atomic E-state index is -0.174. The van der Waals surface area contributed by atoms with E-state index in [1.807, 2.05) is 6.07 Å². The second kappa shape index (κ2) is 5.51. The van der Waals surface area contributed by atoms with E-state index >= 15 is 0 Å². The molecule has 1 aromatic carbocycles. The van der Waals surface area contributed by atoms with Gasteiger partial charge in [-0.05, 0) is 62.0 Å². The van der Waals surface area contributed by atoms with Gasteiger partial charge in [0.15, 0.2) is 0 Å². The molecular formula is C15H20BrFN2. The van der Waals surface area contributed by atoms with Crippen LogP contribution in [0.15, 0.2) is 22.7 Å². The first-order valence-corrected chi connectivity index (χ1v) is 7.83. The van der Waals surface area contributed by atoms with Crippen LogP contribution in [0.1, 0.15) is 24.8 Å². The number of benzene rings is 1. The summed E-state index contributed by atoms with van der Waals surface area (Å²) >= 11 is 3.47. The summed E-state index contributed by atoms with van der Waals surface area (Å²) in [7, 11) is 0. The van der Waals surface area contributed by atoms with Gasteiger partial charge in [-0.15, -0.1) is 0 Å². The van der Waals surface area contributed by atoms with Crippen molar-refractivity contribution in [3.8, 4) is 0 Å². The Hall–Kier alpha value is -0.450. The lowest BCUT2D eigenvalue weighted by Crippen LogP contribution is -2.38. The van der Waals surface area contributed by atoms with E-state index in [4.69, 9.17) is 0 Å². The van der Waals surface area contributed by atoms with Crippen LogP contribution in [0.25, 0.3) is 0 Å². The summed E-state index contributed by atoms with van der Waals surface area (Å²) < 4.78 is 14.0. The average molecular weight is 327 g/mol. The summed E-state index contributed by atoms with van der Waals surface area (Å²) in [4.78, 5) is 2.52. The first-order valence-electron chi connectivity index (χ1n) is 7.04. The molecule has 2 aliphatic heterocycles. The predicted octanol–water partition coefficient (Wildman–Crippen LogP) is 3.16. The van der Waals surface area contributed by atoms with Gasteiger partial charge in [-0.3, -0.25) is 4.90 Å². The fourth-order valence-corrected chi connectivity index (χ4v) is 3.89. The van der Waals surface area contributed by atoms with Crippen LogP contribution in [0.4, 0.5) is 4.39 Å². The van der Waals surface area contributed by atoms with Gasteiger partial charge < -0.3 is 5.32 Å². The summed E-state index contributed by atoms with van der Waals surface area (Å²) in [5.74, 6) is -0.174. The Labute approximate surface area is 122 Å². The van der Waals surface area contributed by atoms with E-state index in [0.717, 1.165) is 24.1 Å². The standard InChI is InChI=1S/C15H20BrFN2/c16-14-9-13(17)2-1-12(14)10-19-8-5-15(11-19)3-6-18-7-4-15/h1-2,9,18H,3-8,10-11H2. The van der Waals surface area contributed by atoms with Gasteiger partial charge in [0.25, 0.3) is 0 Å². The van der Waals surface area contributed by atoms with Crippen molar-refractivity contribution in [3.63, 3.8) is 0 Å². The molecule has 2 nitrogen and oxygen atoms in total. The first-order chi connectivity index (χ1) is 9.17. The van der Waals surface area contributed by atoms with Gasteiger partial charge in [-0.2, -0.15) is 0 Å². The number of piperidine rings is 1. The van der Waals surface area contributed by atoms with Crippen molar-refractivity contribution < 1.29 is 4.39 Å². The highest BCUT2D eigenvalue weighted by Crippen LogP contribution is 2.39. The van der Waals surface area contributed by atoms with Crippen LogP contribution in [-0.2, 0) is 6.54 Å². The maximum Gasteiger partial charge on any atom is 0.124 e. The van der Waals surface area contributed by atoms with Gasteiger partial charge in [-0.25, -0.2) is 4.39 Å². The zero-order valence-corrected chi connectivity index (χ0v) is 12.7. The molecule has 0 aliphatic carbocycles. The van der Waals surface area contributed by atoms with Crippen LogP contribution < -0.4 is 5.32 Å². The van der Waals surface area contributed by atoms with Gasteiger partial charge in [0.05, 0.1) is 0 Å². The zero-order chi connectivity index (χ0) is 13.3. The SMILES string of the molecule is Fc1ccc(CN2CCC3(CCNCC3)C2)c(Br)c1. The highest BCUT2D eigenvalue weighted by atomic mass is 79.9. The van der Waals surface area contributed by atoms with Gasteiger partial charge in [0, 0.05) is 17.6 Å². The fourth-order valence-electron chi connectivity index (χ4n) is 3.42. The Kier molecular flexibility index (Phi) is 3.92. The topological polar surface area (TPSA) is 15.3 Å². The number of hydrogen-bond donors (Lipinski definition) is 1. The molecule has 0 radical (unpaired) electrons. The van der Waals surface area contributed by atoms with E-state index in [9.17, 15) is 4.39 Å². The molecule has 2 fully saturated rings. The molecular weight excluding hydrogens is 307 g/mol. The molecule has 1 aromatic rings. The third-order valence-electron chi connectivity index (χ3n) is 4.59. The lowest BCUT2D eigenvalue weighted by Gasteiger charge is -2.34. The molecule has 4 heteroatoms. The predicted molar refractivity (Wildman–Crippen MR) is 78.5 cm³/mol. The van der Waals surface area contributed by atoms with Crippen molar-refractivity contribution in [2.45, 2.75) is 25.8 Å². The van der Waals surface area contributed by atoms with Crippen molar-refractivity contribution in [1.82, 2.24) is 10.2 Å². The Morgan fingerprint density at radius 1 is 1.26 bits per heavy atom. The number of rotatable bonds is 2. The zero-order valence-electron chi connectivity index (χ0n) is 11.1. The third kappa shape index (κ3) is 3.01. The molecule has 2 aliphatic rings. The van der Waals surface area contributed by atoms with Crippen LogP contribution in [0, 0.1) is 11.2 Å². The van der Waals surface area contributed by atoms with E-state index in [0.29, 0.717) is 5.41 Å². The lowest BCUT2D eigenvalue weighted by molar-refractivity contribution is 0.194.